The fourth-order valence-electron chi connectivity index (χ4n) is 3.77. The van der Waals surface area contributed by atoms with Crippen molar-refractivity contribution in [2.75, 3.05) is 19.6 Å². The quantitative estimate of drug-likeness (QED) is 0.729. The Morgan fingerprint density at radius 3 is 2.85 bits per heavy atom. The van der Waals surface area contributed by atoms with E-state index < -0.39 is 0 Å². The average molecular weight is 281 g/mol. The number of hydrogen-bond acceptors (Lipinski definition) is 3. The Hall–Kier alpha value is -0.610. The molecular weight excluding hydrogens is 250 g/mol. The zero-order chi connectivity index (χ0) is 14.5. The fourth-order valence-corrected chi connectivity index (χ4v) is 3.77. The molecule has 0 radical (unpaired) electrons. The summed E-state index contributed by atoms with van der Waals surface area (Å²) in [5.41, 5.74) is 6.24. The lowest BCUT2D eigenvalue weighted by Crippen LogP contribution is -2.45. The van der Waals surface area contributed by atoms with Gasteiger partial charge in [-0.3, -0.25) is 9.69 Å². The summed E-state index contributed by atoms with van der Waals surface area (Å²) in [5.74, 6) is 1.52. The molecule has 0 bridgehead atoms. The molecule has 0 aromatic carbocycles. The highest BCUT2D eigenvalue weighted by atomic mass is 16.2. The van der Waals surface area contributed by atoms with Crippen LogP contribution in [0, 0.1) is 11.8 Å². The van der Waals surface area contributed by atoms with Crippen molar-refractivity contribution in [2.24, 2.45) is 17.6 Å². The molecule has 2 aliphatic rings. The Kier molecular flexibility index (Phi) is 5.85. The van der Waals surface area contributed by atoms with Crippen molar-refractivity contribution in [3.63, 3.8) is 0 Å². The first kappa shape index (κ1) is 15.8. The average Bonchev–Trinajstić information content (AvgIpc) is 2.88. The highest BCUT2D eigenvalue weighted by molar-refractivity contribution is 5.81. The van der Waals surface area contributed by atoms with Crippen LogP contribution in [0.5, 0.6) is 0 Å². The van der Waals surface area contributed by atoms with Gasteiger partial charge in [0.1, 0.15) is 0 Å². The zero-order valence-electron chi connectivity index (χ0n) is 13.1. The number of amides is 1. The van der Waals surface area contributed by atoms with Crippen LogP contribution < -0.4 is 11.1 Å². The van der Waals surface area contributed by atoms with Gasteiger partial charge in [-0.2, -0.15) is 0 Å². The topological polar surface area (TPSA) is 58.4 Å². The molecule has 2 fully saturated rings. The van der Waals surface area contributed by atoms with Crippen molar-refractivity contribution in [3.05, 3.63) is 0 Å². The highest BCUT2D eigenvalue weighted by Gasteiger charge is 2.41. The maximum Gasteiger partial charge on any atom is 0.237 e. The molecule has 1 heterocycles. The van der Waals surface area contributed by atoms with Gasteiger partial charge in [-0.1, -0.05) is 26.2 Å². The SMILES string of the molecule is CCCCCNC(=O)C(C)N1CC2CCCC(N)C2C1. The summed E-state index contributed by atoms with van der Waals surface area (Å²) >= 11 is 0. The van der Waals surface area contributed by atoms with Gasteiger partial charge < -0.3 is 11.1 Å². The van der Waals surface area contributed by atoms with E-state index in [4.69, 9.17) is 5.73 Å². The second-order valence-electron chi connectivity index (χ2n) is 6.65. The first-order valence-corrected chi connectivity index (χ1v) is 8.40. The number of likely N-dealkylation sites (tertiary alicyclic amines) is 1. The van der Waals surface area contributed by atoms with E-state index >= 15 is 0 Å². The number of nitrogens with one attached hydrogen (secondary N) is 1. The summed E-state index contributed by atoms with van der Waals surface area (Å²) in [4.78, 5) is 14.5. The molecule has 1 saturated heterocycles. The van der Waals surface area contributed by atoms with Crippen LogP contribution in [-0.2, 0) is 4.79 Å². The van der Waals surface area contributed by atoms with Crippen molar-refractivity contribution in [2.45, 2.75) is 64.5 Å². The summed E-state index contributed by atoms with van der Waals surface area (Å²) in [7, 11) is 0. The van der Waals surface area contributed by atoms with Gasteiger partial charge in [-0.15, -0.1) is 0 Å². The van der Waals surface area contributed by atoms with Gasteiger partial charge in [0.2, 0.25) is 5.91 Å². The summed E-state index contributed by atoms with van der Waals surface area (Å²) in [6.07, 6.45) is 7.18. The predicted octanol–water partition coefficient (Wildman–Crippen LogP) is 1.74. The molecule has 0 spiro atoms. The van der Waals surface area contributed by atoms with Crippen LogP contribution in [0.3, 0.4) is 0 Å². The van der Waals surface area contributed by atoms with Gasteiger partial charge in [-0.05, 0) is 38.0 Å². The number of rotatable bonds is 6. The third kappa shape index (κ3) is 3.73. The van der Waals surface area contributed by atoms with Gasteiger partial charge in [0.15, 0.2) is 0 Å². The molecule has 4 heteroatoms. The Labute approximate surface area is 123 Å². The first-order valence-electron chi connectivity index (χ1n) is 8.40. The molecule has 1 saturated carbocycles. The number of nitrogens with zero attached hydrogens (tertiary/aromatic N) is 1. The van der Waals surface area contributed by atoms with Crippen LogP contribution in [0.4, 0.5) is 0 Å². The number of carbonyl (C=O) groups excluding carboxylic acids is 1. The summed E-state index contributed by atoms with van der Waals surface area (Å²) < 4.78 is 0. The Balaban J connectivity index is 1.78. The Morgan fingerprint density at radius 1 is 1.35 bits per heavy atom. The van der Waals surface area contributed by atoms with Crippen molar-refractivity contribution >= 4 is 5.91 Å². The van der Waals surface area contributed by atoms with Crippen LogP contribution in [-0.4, -0.2) is 42.5 Å². The Bertz CT molecular complexity index is 321. The molecule has 0 aromatic heterocycles. The number of unbranched alkanes of at least 4 members (excludes halogenated alkanes) is 2. The lowest BCUT2D eigenvalue weighted by molar-refractivity contribution is -0.125. The number of fused-ring (bicyclic) bond motifs is 1. The Morgan fingerprint density at radius 2 is 2.15 bits per heavy atom. The second kappa shape index (κ2) is 7.41. The van der Waals surface area contributed by atoms with E-state index in [0.29, 0.717) is 17.9 Å². The molecule has 3 N–H and O–H groups in total. The molecule has 116 valence electrons. The third-order valence-electron chi connectivity index (χ3n) is 5.19. The maximum absolute atomic E-state index is 12.2. The molecule has 20 heavy (non-hydrogen) atoms. The minimum absolute atomic E-state index is 0.00516. The van der Waals surface area contributed by atoms with Crippen LogP contribution in [0.15, 0.2) is 0 Å². The van der Waals surface area contributed by atoms with Crippen molar-refractivity contribution in [1.82, 2.24) is 10.2 Å². The second-order valence-corrected chi connectivity index (χ2v) is 6.65. The van der Waals surface area contributed by atoms with E-state index in [1.165, 1.54) is 25.7 Å². The molecule has 2 rings (SSSR count). The first-order chi connectivity index (χ1) is 9.63. The van der Waals surface area contributed by atoms with Gasteiger partial charge in [0.25, 0.3) is 0 Å². The van der Waals surface area contributed by atoms with Crippen LogP contribution in [0.25, 0.3) is 0 Å². The molecule has 4 atom stereocenters. The molecular formula is C16H31N3O. The van der Waals surface area contributed by atoms with Crippen molar-refractivity contribution < 1.29 is 4.79 Å². The lowest BCUT2D eigenvalue weighted by atomic mass is 9.78. The number of carbonyl (C=O) groups is 1. The van der Waals surface area contributed by atoms with Gasteiger partial charge in [-0.25, -0.2) is 0 Å². The van der Waals surface area contributed by atoms with Crippen LogP contribution in [0.1, 0.15) is 52.4 Å². The maximum atomic E-state index is 12.2. The number of nitrogens with two attached hydrogens (primary N) is 1. The van der Waals surface area contributed by atoms with Gasteiger partial charge in [0.05, 0.1) is 6.04 Å². The monoisotopic (exact) mass is 281 g/mol. The van der Waals surface area contributed by atoms with Crippen molar-refractivity contribution in [3.8, 4) is 0 Å². The minimum atomic E-state index is -0.00516. The standard InChI is InChI=1S/C16H31N3O/c1-3-4-5-9-18-16(20)12(2)19-10-13-7-6-8-15(17)14(13)11-19/h12-15H,3-11,17H2,1-2H3,(H,18,20). The van der Waals surface area contributed by atoms with Crippen LogP contribution >= 0.6 is 0 Å². The lowest BCUT2D eigenvalue weighted by Gasteiger charge is -2.30. The molecule has 1 amide bonds. The van der Waals surface area contributed by atoms with E-state index in [1.807, 2.05) is 6.92 Å². The summed E-state index contributed by atoms with van der Waals surface area (Å²) in [6.45, 7) is 7.10. The molecule has 1 aliphatic carbocycles. The van der Waals surface area contributed by atoms with E-state index in [1.54, 1.807) is 0 Å². The fraction of sp³-hybridized carbons (Fsp3) is 0.938. The van der Waals surface area contributed by atoms with E-state index in [0.717, 1.165) is 32.5 Å². The van der Waals surface area contributed by atoms with Crippen LogP contribution in [0.2, 0.25) is 0 Å². The zero-order valence-corrected chi connectivity index (χ0v) is 13.1. The largest absolute Gasteiger partial charge is 0.355 e. The van der Waals surface area contributed by atoms with E-state index in [9.17, 15) is 4.79 Å². The predicted molar refractivity (Wildman–Crippen MR) is 82.4 cm³/mol. The van der Waals surface area contributed by atoms with Gasteiger partial charge in [0, 0.05) is 25.7 Å². The van der Waals surface area contributed by atoms with E-state index in [2.05, 4.69) is 17.1 Å². The normalized spacial score (nSPS) is 31.9. The molecule has 0 aromatic rings. The summed E-state index contributed by atoms with van der Waals surface area (Å²) in [5, 5.41) is 3.07. The molecule has 4 unspecified atom stereocenters. The third-order valence-corrected chi connectivity index (χ3v) is 5.19. The van der Waals surface area contributed by atoms with Crippen molar-refractivity contribution in [1.29, 1.82) is 0 Å². The summed E-state index contributed by atoms with van der Waals surface area (Å²) in [6, 6.07) is 0.341. The molecule has 4 nitrogen and oxygen atoms in total. The highest BCUT2D eigenvalue weighted by Crippen LogP contribution is 2.36. The minimum Gasteiger partial charge on any atom is -0.355 e. The van der Waals surface area contributed by atoms with E-state index in [-0.39, 0.29) is 11.9 Å². The molecule has 1 aliphatic heterocycles. The number of hydrogen-bond donors (Lipinski definition) is 2. The smallest absolute Gasteiger partial charge is 0.237 e. The van der Waals surface area contributed by atoms with Gasteiger partial charge >= 0.3 is 0 Å².